The maximum Gasteiger partial charge on any atom is 0.490 e. The second-order valence-corrected chi connectivity index (χ2v) is 2.81. The molecule has 9 heteroatoms. The molecule has 0 unspecified atom stereocenters. The Morgan fingerprint density at radius 1 is 1.31 bits per heavy atom. The Morgan fingerprint density at radius 2 is 1.88 bits per heavy atom. The van der Waals surface area contributed by atoms with Crippen LogP contribution in [-0.4, -0.2) is 33.2 Å². The summed E-state index contributed by atoms with van der Waals surface area (Å²) in [6, 6.07) is 1.13. The molecule has 16 heavy (non-hydrogen) atoms. The van der Waals surface area contributed by atoms with Gasteiger partial charge in [0.15, 0.2) is 0 Å². The van der Waals surface area contributed by atoms with Crippen LogP contribution in [0.4, 0.5) is 13.2 Å². The molecule has 5 nitrogen and oxygen atoms in total. The number of alkyl halides is 3. The number of rotatable bonds is 2. The predicted octanol–water partition coefficient (Wildman–Crippen LogP) is -0.522. The third kappa shape index (κ3) is 2.50. The van der Waals surface area contributed by atoms with Crippen molar-refractivity contribution in [2.24, 2.45) is 0 Å². The van der Waals surface area contributed by atoms with E-state index in [0.29, 0.717) is 12.1 Å². The van der Waals surface area contributed by atoms with Gasteiger partial charge >= 0.3 is 19.3 Å². The quantitative estimate of drug-likeness (QED) is 0.600. The SMILES string of the molecule is O=C(O)c1nc(C(F)(F)F)ccc1B(O)O. The van der Waals surface area contributed by atoms with Crippen molar-refractivity contribution in [1.82, 2.24) is 4.98 Å². The summed E-state index contributed by atoms with van der Waals surface area (Å²) in [6.07, 6.45) is -4.79. The minimum Gasteiger partial charge on any atom is -0.477 e. The highest BCUT2D eigenvalue weighted by Gasteiger charge is 2.34. The van der Waals surface area contributed by atoms with Crippen molar-refractivity contribution in [2.45, 2.75) is 6.18 Å². The fraction of sp³-hybridized carbons (Fsp3) is 0.143. The maximum atomic E-state index is 12.2. The van der Waals surface area contributed by atoms with Gasteiger partial charge in [0.25, 0.3) is 0 Å². The molecule has 86 valence electrons. The van der Waals surface area contributed by atoms with Gasteiger partial charge in [0.05, 0.1) is 0 Å². The summed E-state index contributed by atoms with van der Waals surface area (Å²) in [6.45, 7) is 0. The number of hydrogen-bond donors (Lipinski definition) is 3. The summed E-state index contributed by atoms with van der Waals surface area (Å²) < 4.78 is 36.6. The number of halogens is 3. The highest BCUT2D eigenvalue weighted by molar-refractivity contribution is 6.60. The van der Waals surface area contributed by atoms with Crippen molar-refractivity contribution in [3.63, 3.8) is 0 Å². The lowest BCUT2D eigenvalue weighted by molar-refractivity contribution is -0.141. The van der Waals surface area contributed by atoms with E-state index < -0.39 is 36.1 Å². The number of aromatic nitrogens is 1. The van der Waals surface area contributed by atoms with Crippen molar-refractivity contribution in [3.05, 3.63) is 23.5 Å². The highest BCUT2D eigenvalue weighted by Crippen LogP contribution is 2.27. The number of hydrogen-bond acceptors (Lipinski definition) is 4. The first-order valence-corrected chi connectivity index (χ1v) is 3.91. The molecular weight excluding hydrogens is 230 g/mol. The van der Waals surface area contributed by atoms with Crippen molar-refractivity contribution in [1.29, 1.82) is 0 Å². The lowest BCUT2D eigenvalue weighted by Gasteiger charge is -2.09. The number of nitrogens with zero attached hydrogens (tertiary/aromatic N) is 1. The smallest absolute Gasteiger partial charge is 0.477 e. The summed E-state index contributed by atoms with van der Waals surface area (Å²) in [7, 11) is -2.19. The van der Waals surface area contributed by atoms with Crippen LogP contribution in [0.25, 0.3) is 0 Å². The molecule has 0 aliphatic carbocycles. The first-order valence-electron chi connectivity index (χ1n) is 3.91. The van der Waals surface area contributed by atoms with Gasteiger partial charge in [-0.05, 0) is 6.07 Å². The zero-order chi connectivity index (χ0) is 12.5. The third-order valence-electron chi connectivity index (χ3n) is 1.70. The molecule has 0 fully saturated rings. The number of carboxylic acids is 1. The van der Waals surface area contributed by atoms with Crippen LogP contribution >= 0.6 is 0 Å². The van der Waals surface area contributed by atoms with Gasteiger partial charge in [0, 0.05) is 5.46 Å². The van der Waals surface area contributed by atoms with E-state index in [4.69, 9.17) is 15.2 Å². The van der Waals surface area contributed by atoms with Crippen LogP contribution in [0.5, 0.6) is 0 Å². The summed E-state index contributed by atoms with van der Waals surface area (Å²) in [5.74, 6) is -1.77. The van der Waals surface area contributed by atoms with E-state index in [1.807, 2.05) is 0 Å². The summed E-state index contributed by atoms with van der Waals surface area (Å²) in [5, 5.41) is 26.0. The van der Waals surface area contributed by atoms with Gasteiger partial charge < -0.3 is 15.2 Å². The lowest BCUT2D eigenvalue weighted by atomic mass is 9.79. The van der Waals surface area contributed by atoms with Gasteiger partial charge in [-0.25, -0.2) is 9.78 Å². The molecule has 0 radical (unpaired) electrons. The standard InChI is InChI=1S/C7H5BF3NO4/c9-7(10,11)4-2-1-3(8(15)16)5(12-4)6(13)14/h1-2,15-16H,(H,13,14). The zero-order valence-corrected chi connectivity index (χ0v) is 7.56. The van der Waals surface area contributed by atoms with Gasteiger partial charge in [-0.1, -0.05) is 6.07 Å². The van der Waals surface area contributed by atoms with E-state index in [9.17, 15) is 18.0 Å². The van der Waals surface area contributed by atoms with E-state index in [1.165, 1.54) is 0 Å². The molecular formula is C7H5BF3NO4. The first kappa shape index (κ1) is 12.5. The molecule has 1 aromatic heterocycles. The number of aromatic carboxylic acids is 1. The van der Waals surface area contributed by atoms with Gasteiger partial charge in [-0.15, -0.1) is 0 Å². The number of carbonyl (C=O) groups is 1. The topological polar surface area (TPSA) is 90.7 Å². The van der Waals surface area contributed by atoms with Gasteiger partial charge in [-0.2, -0.15) is 13.2 Å². The molecule has 0 bridgehead atoms. The Morgan fingerprint density at radius 3 is 2.25 bits per heavy atom. The zero-order valence-electron chi connectivity index (χ0n) is 7.56. The molecule has 0 saturated carbocycles. The molecule has 1 aromatic rings. The van der Waals surface area contributed by atoms with Crippen LogP contribution in [0, 0.1) is 0 Å². The lowest BCUT2D eigenvalue weighted by Crippen LogP contribution is -2.36. The largest absolute Gasteiger partial charge is 0.490 e. The molecule has 1 heterocycles. The maximum absolute atomic E-state index is 12.2. The molecule has 0 aliphatic heterocycles. The minimum atomic E-state index is -4.79. The van der Waals surface area contributed by atoms with Crippen molar-refractivity contribution >= 4 is 18.6 Å². The average Bonchev–Trinajstić information content (AvgIpc) is 2.15. The summed E-state index contributed by atoms with van der Waals surface area (Å²) in [5.41, 5.74) is -3.04. The Labute approximate surface area is 87.3 Å². The van der Waals surface area contributed by atoms with E-state index in [-0.39, 0.29) is 0 Å². The third-order valence-corrected chi connectivity index (χ3v) is 1.70. The van der Waals surface area contributed by atoms with Crippen LogP contribution in [-0.2, 0) is 6.18 Å². The summed E-state index contributed by atoms with van der Waals surface area (Å²) >= 11 is 0. The van der Waals surface area contributed by atoms with Crippen LogP contribution < -0.4 is 5.46 Å². The van der Waals surface area contributed by atoms with Crippen LogP contribution in [0.15, 0.2) is 12.1 Å². The Balaban J connectivity index is 3.34. The second-order valence-electron chi connectivity index (χ2n) is 2.81. The average molecular weight is 235 g/mol. The predicted molar refractivity (Wildman–Crippen MR) is 46.0 cm³/mol. The van der Waals surface area contributed by atoms with E-state index >= 15 is 0 Å². The fourth-order valence-electron chi connectivity index (χ4n) is 1.01. The summed E-state index contributed by atoms with van der Waals surface area (Å²) in [4.78, 5) is 13.4. The first-order chi connectivity index (χ1) is 7.23. The Bertz CT molecular complexity index is 421. The van der Waals surface area contributed by atoms with E-state index in [2.05, 4.69) is 4.98 Å². The Kier molecular flexibility index (Phi) is 3.20. The molecule has 0 amide bonds. The highest BCUT2D eigenvalue weighted by atomic mass is 19.4. The van der Waals surface area contributed by atoms with E-state index in [0.717, 1.165) is 0 Å². The molecule has 0 aromatic carbocycles. The molecule has 1 rings (SSSR count). The van der Waals surface area contributed by atoms with Crippen molar-refractivity contribution in [2.75, 3.05) is 0 Å². The molecule has 0 saturated heterocycles. The monoisotopic (exact) mass is 235 g/mol. The fourth-order valence-corrected chi connectivity index (χ4v) is 1.01. The number of carboxylic acid groups (broad SMARTS) is 1. The minimum absolute atomic E-state index is 0.473. The van der Waals surface area contributed by atoms with Crippen LogP contribution in [0.2, 0.25) is 0 Å². The molecule has 0 aliphatic rings. The number of pyridine rings is 1. The Hall–Kier alpha value is -1.61. The van der Waals surface area contributed by atoms with Gasteiger partial charge in [-0.3, -0.25) is 0 Å². The van der Waals surface area contributed by atoms with Crippen LogP contribution in [0.1, 0.15) is 16.2 Å². The normalized spacial score (nSPS) is 11.3. The van der Waals surface area contributed by atoms with Gasteiger partial charge in [0.1, 0.15) is 11.4 Å². The molecule has 0 atom stereocenters. The van der Waals surface area contributed by atoms with Crippen LogP contribution in [0.3, 0.4) is 0 Å². The van der Waals surface area contributed by atoms with Gasteiger partial charge in [0.2, 0.25) is 0 Å². The van der Waals surface area contributed by atoms with Crippen molar-refractivity contribution < 1.29 is 33.1 Å². The second kappa shape index (κ2) is 4.10. The molecule has 3 N–H and O–H groups in total. The van der Waals surface area contributed by atoms with E-state index in [1.54, 1.807) is 0 Å². The molecule has 0 spiro atoms. The van der Waals surface area contributed by atoms with Crippen molar-refractivity contribution in [3.8, 4) is 0 Å².